The molecule has 204 valence electrons. The number of hydrogen-bond acceptors (Lipinski definition) is 8. The lowest BCUT2D eigenvalue weighted by atomic mass is 9.88. The van der Waals surface area contributed by atoms with Crippen LogP contribution in [0.15, 0.2) is 60.3 Å². The van der Waals surface area contributed by atoms with Gasteiger partial charge in [-0.25, -0.2) is 4.18 Å². The van der Waals surface area contributed by atoms with E-state index in [1.54, 1.807) is 50.7 Å². The van der Waals surface area contributed by atoms with Gasteiger partial charge < -0.3 is 18.6 Å². The predicted molar refractivity (Wildman–Crippen MR) is 145 cm³/mol. The Bertz CT molecular complexity index is 1540. The third-order valence-electron chi connectivity index (χ3n) is 7.18. The Morgan fingerprint density at radius 2 is 1.62 bits per heavy atom. The maximum absolute atomic E-state index is 13.3. The van der Waals surface area contributed by atoms with Gasteiger partial charge in [0.05, 0.1) is 27.0 Å². The highest BCUT2D eigenvalue weighted by Gasteiger charge is 2.28. The molecule has 0 unspecified atom stereocenters. The number of rotatable bonds is 6. The van der Waals surface area contributed by atoms with Crippen LogP contribution >= 0.6 is 0 Å². The van der Waals surface area contributed by atoms with Crippen molar-refractivity contribution in [2.45, 2.75) is 25.7 Å². The Kier molecular flexibility index (Phi) is 7.58. The largest absolute Gasteiger partial charge is 0.493 e. The van der Waals surface area contributed by atoms with Crippen molar-refractivity contribution in [3.8, 4) is 17.2 Å². The van der Waals surface area contributed by atoms with E-state index < -0.39 is 10.4 Å². The first-order chi connectivity index (χ1) is 18.8. The molecule has 0 saturated carbocycles. The molecular weight excluding hydrogens is 520 g/mol. The summed E-state index contributed by atoms with van der Waals surface area (Å²) in [5.41, 5.74) is 6.86. The van der Waals surface area contributed by atoms with Gasteiger partial charge >= 0.3 is 10.4 Å². The Labute approximate surface area is 228 Å². The molecule has 1 saturated heterocycles. The van der Waals surface area contributed by atoms with Crippen LogP contribution in [0, 0.1) is 0 Å². The van der Waals surface area contributed by atoms with Gasteiger partial charge in [0.15, 0.2) is 11.5 Å². The first kappa shape index (κ1) is 26.7. The summed E-state index contributed by atoms with van der Waals surface area (Å²) in [6, 6.07) is 14.5. The summed E-state index contributed by atoms with van der Waals surface area (Å²) in [5, 5.41) is 0. The number of ether oxygens (including phenoxy) is 2. The molecule has 1 aliphatic carbocycles. The second-order valence-electron chi connectivity index (χ2n) is 9.33. The zero-order valence-corrected chi connectivity index (χ0v) is 22.9. The number of aryl methyl sites for hydroxylation is 2. The molecule has 5 rings (SSSR count). The number of fused-ring (bicyclic) bond motifs is 2. The molecule has 9 nitrogen and oxygen atoms in total. The Balaban J connectivity index is 1.46. The fraction of sp³-hybridized carbons (Fsp3) is 0.310. The number of nitrogens with zero attached hydrogens (tertiary/aromatic N) is 2. The van der Waals surface area contributed by atoms with E-state index in [2.05, 4.69) is 10.2 Å². The number of pyridine rings is 1. The fourth-order valence-corrected chi connectivity index (χ4v) is 5.63. The number of hydrogen-bond donors (Lipinski definition) is 0. The zero-order valence-electron chi connectivity index (χ0n) is 22.1. The minimum absolute atomic E-state index is 0.0547. The number of piperidine rings is 1. The van der Waals surface area contributed by atoms with Gasteiger partial charge in [-0.2, -0.15) is 8.42 Å². The first-order valence-electron chi connectivity index (χ1n) is 12.6. The van der Waals surface area contributed by atoms with Crippen LogP contribution in [0.2, 0.25) is 0 Å². The van der Waals surface area contributed by atoms with Crippen LogP contribution in [-0.4, -0.2) is 58.6 Å². The second-order valence-corrected chi connectivity index (χ2v) is 10.6. The van der Waals surface area contributed by atoms with Gasteiger partial charge in [0.1, 0.15) is 5.75 Å². The summed E-state index contributed by atoms with van der Waals surface area (Å²) in [7, 11) is 0.0548. The van der Waals surface area contributed by atoms with E-state index in [9.17, 15) is 13.2 Å². The van der Waals surface area contributed by atoms with Crippen LogP contribution in [0.3, 0.4) is 0 Å². The summed E-state index contributed by atoms with van der Waals surface area (Å²) < 4.78 is 43.9. The maximum Gasteiger partial charge on any atom is 0.448 e. The van der Waals surface area contributed by atoms with Crippen molar-refractivity contribution in [3.05, 3.63) is 88.2 Å². The molecule has 0 bridgehead atoms. The van der Waals surface area contributed by atoms with E-state index in [-0.39, 0.29) is 11.7 Å². The highest BCUT2D eigenvalue weighted by Crippen LogP contribution is 2.39. The van der Waals surface area contributed by atoms with E-state index >= 15 is 0 Å². The average Bonchev–Trinajstić information content (AvgIpc) is 3.13. The number of aromatic nitrogens is 1. The fourth-order valence-electron chi connectivity index (χ4n) is 5.23. The average molecular weight is 551 g/mol. The lowest BCUT2D eigenvalue weighted by Gasteiger charge is -2.30. The second kappa shape index (κ2) is 11.1. The van der Waals surface area contributed by atoms with Gasteiger partial charge in [0.25, 0.3) is 5.91 Å². The normalized spacial score (nSPS) is 15.2. The van der Waals surface area contributed by atoms with Crippen LogP contribution in [0.25, 0.3) is 5.57 Å². The van der Waals surface area contributed by atoms with Crippen molar-refractivity contribution in [3.63, 3.8) is 0 Å². The predicted octanol–water partition coefficient (Wildman–Crippen LogP) is 4.21. The Morgan fingerprint density at radius 1 is 0.872 bits per heavy atom. The van der Waals surface area contributed by atoms with Crippen LogP contribution in [0.5, 0.6) is 17.2 Å². The van der Waals surface area contributed by atoms with E-state index in [1.807, 2.05) is 17.0 Å². The molecule has 0 atom stereocenters. The van der Waals surface area contributed by atoms with Gasteiger partial charge in [-0.3, -0.25) is 9.78 Å². The molecule has 1 aromatic heterocycles. The Hall–Kier alpha value is -3.89. The van der Waals surface area contributed by atoms with E-state index in [4.69, 9.17) is 18.6 Å². The van der Waals surface area contributed by atoms with E-state index in [0.717, 1.165) is 41.5 Å². The van der Waals surface area contributed by atoms with Crippen molar-refractivity contribution >= 4 is 21.9 Å². The summed E-state index contributed by atoms with van der Waals surface area (Å²) in [5.74, 6) is 1.24. The minimum Gasteiger partial charge on any atom is -0.493 e. The molecule has 1 aliphatic heterocycles. The number of methoxy groups -OCH3 is 2. The number of likely N-dealkylation sites (tertiary alicyclic amines) is 1. The third-order valence-corrected chi connectivity index (χ3v) is 7.98. The topological polar surface area (TPSA) is 104 Å². The van der Waals surface area contributed by atoms with E-state index in [0.29, 0.717) is 49.4 Å². The highest BCUT2D eigenvalue weighted by molar-refractivity contribution is 7.82. The number of benzene rings is 2. The monoisotopic (exact) mass is 550 g/mol. The van der Waals surface area contributed by atoms with Crippen molar-refractivity contribution in [1.29, 1.82) is 0 Å². The maximum atomic E-state index is 13.3. The lowest BCUT2D eigenvalue weighted by Crippen LogP contribution is -2.36. The number of carbonyl (C=O) groups is 1. The quantitative estimate of drug-likeness (QED) is 0.450. The molecule has 2 aromatic carbocycles. The molecule has 0 N–H and O–H groups in total. The van der Waals surface area contributed by atoms with Crippen molar-refractivity contribution in [2.24, 2.45) is 0 Å². The van der Waals surface area contributed by atoms with Crippen LogP contribution in [0.1, 0.15) is 45.6 Å². The van der Waals surface area contributed by atoms with Crippen molar-refractivity contribution < 1.29 is 31.1 Å². The van der Waals surface area contributed by atoms with Gasteiger partial charge in [-0.05, 0) is 78.8 Å². The molecular formula is C29H30N2O7S. The number of amides is 1. The third kappa shape index (κ3) is 5.48. The van der Waals surface area contributed by atoms with Gasteiger partial charge in [0.2, 0.25) is 0 Å². The van der Waals surface area contributed by atoms with Crippen LogP contribution < -0.4 is 13.7 Å². The zero-order chi connectivity index (χ0) is 27.6. The molecule has 10 heteroatoms. The molecule has 0 spiro atoms. The SMILES string of the molecule is COc1ccc(C(=O)N2CCC(=C3c4ccc(OS(=O)(=O)OC)cc4CCc4cccnc43)CC2)cc1OC. The molecule has 3 aromatic rings. The Morgan fingerprint density at radius 3 is 2.33 bits per heavy atom. The molecule has 1 fully saturated rings. The molecule has 2 aliphatic rings. The summed E-state index contributed by atoms with van der Waals surface area (Å²) in [6.07, 6.45) is 4.65. The van der Waals surface area contributed by atoms with Crippen LogP contribution in [0.4, 0.5) is 0 Å². The molecule has 0 radical (unpaired) electrons. The van der Waals surface area contributed by atoms with Gasteiger partial charge in [0, 0.05) is 30.4 Å². The molecule has 39 heavy (non-hydrogen) atoms. The molecule has 1 amide bonds. The van der Waals surface area contributed by atoms with Crippen LogP contribution in [-0.2, 0) is 27.4 Å². The standard InChI is InChI=1S/C29H30N2O7S/c1-35-25-11-8-22(18-26(25)36-2)29(32)31-15-12-19(13-16-31)27-24-10-9-23(38-39(33,34)37-3)17-21(24)7-6-20-5-4-14-30-28(20)27/h4-5,8-11,14,17-18H,6-7,12-13,15-16H2,1-3H3. The van der Waals surface area contributed by atoms with Gasteiger partial charge in [-0.1, -0.05) is 17.7 Å². The highest BCUT2D eigenvalue weighted by atomic mass is 32.3. The first-order valence-corrected chi connectivity index (χ1v) is 14.0. The smallest absolute Gasteiger partial charge is 0.448 e. The van der Waals surface area contributed by atoms with Gasteiger partial charge in [-0.15, -0.1) is 0 Å². The molecule has 2 heterocycles. The number of carbonyl (C=O) groups excluding carboxylic acids is 1. The lowest BCUT2D eigenvalue weighted by molar-refractivity contribution is 0.0743. The van der Waals surface area contributed by atoms with E-state index in [1.165, 1.54) is 5.57 Å². The summed E-state index contributed by atoms with van der Waals surface area (Å²) >= 11 is 0. The summed E-state index contributed by atoms with van der Waals surface area (Å²) in [4.78, 5) is 19.9. The summed E-state index contributed by atoms with van der Waals surface area (Å²) in [6.45, 7) is 1.13. The minimum atomic E-state index is -4.12. The van der Waals surface area contributed by atoms with Crippen molar-refractivity contribution in [2.75, 3.05) is 34.4 Å². The van der Waals surface area contributed by atoms with Crippen molar-refractivity contribution in [1.82, 2.24) is 9.88 Å².